The van der Waals surface area contributed by atoms with E-state index in [9.17, 15) is 18.0 Å². The van der Waals surface area contributed by atoms with Crippen molar-refractivity contribution in [2.24, 2.45) is 0 Å². The molecule has 1 aromatic carbocycles. The van der Waals surface area contributed by atoms with Crippen molar-refractivity contribution in [3.63, 3.8) is 0 Å². The van der Waals surface area contributed by atoms with Crippen LogP contribution >= 0.6 is 0 Å². The fourth-order valence-electron chi connectivity index (χ4n) is 1.66. The molecule has 0 saturated heterocycles. The Morgan fingerprint density at radius 2 is 1.79 bits per heavy atom. The van der Waals surface area contributed by atoms with Crippen LogP contribution in [0.2, 0.25) is 0 Å². The second-order valence-corrected chi connectivity index (χ2v) is 3.78. The molecule has 19 heavy (non-hydrogen) atoms. The first-order chi connectivity index (χ1) is 8.89. The van der Waals surface area contributed by atoms with Gasteiger partial charge >= 0.3 is 12.1 Å². The van der Waals surface area contributed by atoms with Crippen molar-refractivity contribution in [3.05, 3.63) is 53.9 Å². The molecule has 3 nitrogen and oxygen atoms in total. The highest BCUT2D eigenvalue weighted by molar-refractivity contribution is 5.85. The third-order valence-corrected chi connectivity index (χ3v) is 2.53. The van der Waals surface area contributed by atoms with Gasteiger partial charge in [-0.1, -0.05) is 24.3 Å². The number of pyridine rings is 1. The van der Waals surface area contributed by atoms with Gasteiger partial charge < -0.3 is 5.11 Å². The zero-order valence-electron chi connectivity index (χ0n) is 9.48. The second-order valence-electron chi connectivity index (χ2n) is 3.78. The Balaban J connectivity index is 2.50. The van der Waals surface area contributed by atoms with Gasteiger partial charge in [0.25, 0.3) is 0 Å². The quantitative estimate of drug-likeness (QED) is 0.906. The number of hydrogen-bond acceptors (Lipinski definition) is 2. The molecule has 0 aliphatic heterocycles. The molecule has 0 saturated carbocycles. The Morgan fingerprint density at radius 1 is 1.11 bits per heavy atom. The van der Waals surface area contributed by atoms with Crippen molar-refractivity contribution in [3.8, 4) is 11.1 Å². The molecule has 0 spiro atoms. The summed E-state index contributed by atoms with van der Waals surface area (Å²) in [5.74, 6) is -1.23. The minimum absolute atomic E-state index is 0.0283. The van der Waals surface area contributed by atoms with Crippen LogP contribution in [-0.4, -0.2) is 16.1 Å². The summed E-state index contributed by atoms with van der Waals surface area (Å²) in [6, 6.07) is 7.55. The van der Waals surface area contributed by atoms with Gasteiger partial charge in [0.1, 0.15) is 5.69 Å². The second kappa shape index (κ2) is 4.72. The summed E-state index contributed by atoms with van der Waals surface area (Å²) in [5, 5.41) is 8.69. The smallest absolute Gasteiger partial charge is 0.417 e. The summed E-state index contributed by atoms with van der Waals surface area (Å²) in [5.41, 5.74) is -0.800. The van der Waals surface area contributed by atoms with E-state index in [0.29, 0.717) is 0 Å². The number of carboxylic acid groups (broad SMARTS) is 1. The third kappa shape index (κ3) is 2.73. The monoisotopic (exact) mass is 267 g/mol. The molecule has 1 N–H and O–H groups in total. The average Bonchev–Trinajstić information content (AvgIpc) is 2.38. The summed E-state index contributed by atoms with van der Waals surface area (Å²) < 4.78 is 38.5. The molecule has 0 bridgehead atoms. The summed E-state index contributed by atoms with van der Waals surface area (Å²) >= 11 is 0. The lowest BCUT2D eigenvalue weighted by atomic mass is 10.0. The van der Waals surface area contributed by atoms with Gasteiger partial charge in [-0.15, -0.1) is 0 Å². The fourth-order valence-corrected chi connectivity index (χ4v) is 1.66. The number of alkyl halides is 3. The first-order valence-electron chi connectivity index (χ1n) is 5.25. The first kappa shape index (κ1) is 13.1. The summed E-state index contributed by atoms with van der Waals surface area (Å²) in [7, 11) is 0. The molecule has 0 fully saturated rings. The molecule has 0 aliphatic carbocycles. The van der Waals surface area contributed by atoms with Crippen molar-refractivity contribution in [2.45, 2.75) is 6.18 Å². The Kier molecular flexibility index (Phi) is 3.25. The van der Waals surface area contributed by atoms with Gasteiger partial charge in [-0.05, 0) is 17.7 Å². The molecular formula is C13H8F3NO2. The molecule has 6 heteroatoms. The van der Waals surface area contributed by atoms with Crippen molar-refractivity contribution < 1.29 is 23.1 Å². The number of benzene rings is 1. The maximum Gasteiger partial charge on any atom is 0.417 e. The molecule has 1 heterocycles. The molecular weight excluding hydrogens is 259 g/mol. The van der Waals surface area contributed by atoms with E-state index in [-0.39, 0.29) is 16.8 Å². The molecule has 98 valence electrons. The SMILES string of the molecule is O=C(O)c1ccc(-c2ccccc2C(F)(F)F)cn1. The summed E-state index contributed by atoms with van der Waals surface area (Å²) in [4.78, 5) is 14.2. The summed E-state index contributed by atoms with van der Waals surface area (Å²) in [6.45, 7) is 0. The zero-order valence-corrected chi connectivity index (χ0v) is 9.48. The molecule has 2 aromatic rings. The number of rotatable bonds is 2. The van der Waals surface area contributed by atoms with E-state index < -0.39 is 17.7 Å². The van der Waals surface area contributed by atoms with E-state index in [0.717, 1.165) is 12.3 Å². The van der Waals surface area contributed by atoms with Gasteiger partial charge in [-0.2, -0.15) is 13.2 Å². The molecule has 0 radical (unpaired) electrons. The topological polar surface area (TPSA) is 50.2 Å². The van der Waals surface area contributed by atoms with Crippen LogP contribution in [0.25, 0.3) is 11.1 Å². The minimum atomic E-state index is -4.47. The molecule has 0 atom stereocenters. The van der Waals surface area contributed by atoms with Crippen LogP contribution < -0.4 is 0 Å². The van der Waals surface area contributed by atoms with Crippen LogP contribution in [0, 0.1) is 0 Å². The van der Waals surface area contributed by atoms with Gasteiger partial charge in [-0.25, -0.2) is 9.78 Å². The number of carbonyl (C=O) groups is 1. The largest absolute Gasteiger partial charge is 0.477 e. The van der Waals surface area contributed by atoms with Crippen molar-refractivity contribution in [2.75, 3.05) is 0 Å². The van der Waals surface area contributed by atoms with Crippen LogP contribution in [-0.2, 0) is 6.18 Å². The Bertz CT molecular complexity index is 606. The zero-order chi connectivity index (χ0) is 14.0. The predicted octanol–water partition coefficient (Wildman–Crippen LogP) is 3.47. The third-order valence-electron chi connectivity index (χ3n) is 2.53. The number of aromatic nitrogens is 1. The van der Waals surface area contributed by atoms with Crippen LogP contribution in [0.5, 0.6) is 0 Å². The number of halogens is 3. The number of carboxylic acids is 1. The lowest BCUT2D eigenvalue weighted by Crippen LogP contribution is -2.07. The average molecular weight is 267 g/mol. The molecule has 0 unspecified atom stereocenters. The highest BCUT2D eigenvalue weighted by Crippen LogP contribution is 2.36. The van der Waals surface area contributed by atoms with Crippen LogP contribution in [0.1, 0.15) is 16.1 Å². The van der Waals surface area contributed by atoms with E-state index in [1.807, 2.05) is 0 Å². The standard InChI is InChI=1S/C13H8F3NO2/c14-13(15,16)10-4-2-1-3-9(10)8-5-6-11(12(18)19)17-7-8/h1-7H,(H,18,19). The van der Waals surface area contributed by atoms with Crippen LogP contribution in [0.3, 0.4) is 0 Å². The first-order valence-corrected chi connectivity index (χ1v) is 5.25. The van der Waals surface area contributed by atoms with Crippen LogP contribution in [0.4, 0.5) is 13.2 Å². The van der Waals surface area contributed by atoms with Gasteiger partial charge in [0, 0.05) is 11.8 Å². The maximum atomic E-state index is 12.8. The maximum absolute atomic E-state index is 12.8. The van der Waals surface area contributed by atoms with E-state index in [1.54, 1.807) is 0 Å². The van der Waals surface area contributed by atoms with Crippen LogP contribution in [0.15, 0.2) is 42.6 Å². The van der Waals surface area contributed by atoms with E-state index in [4.69, 9.17) is 5.11 Å². The van der Waals surface area contributed by atoms with Gasteiger partial charge in [0.15, 0.2) is 0 Å². The summed E-state index contributed by atoms with van der Waals surface area (Å²) in [6.07, 6.45) is -3.35. The Labute approximate surface area is 106 Å². The van der Waals surface area contributed by atoms with Crippen molar-refractivity contribution in [1.82, 2.24) is 4.98 Å². The fraction of sp³-hybridized carbons (Fsp3) is 0.0769. The normalized spacial score (nSPS) is 11.3. The van der Waals surface area contributed by atoms with E-state index in [2.05, 4.69) is 4.98 Å². The minimum Gasteiger partial charge on any atom is -0.477 e. The highest BCUT2D eigenvalue weighted by atomic mass is 19.4. The molecule has 0 aliphatic rings. The van der Waals surface area contributed by atoms with Crippen molar-refractivity contribution >= 4 is 5.97 Å². The lowest BCUT2D eigenvalue weighted by Gasteiger charge is -2.12. The Morgan fingerprint density at radius 3 is 2.32 bits per heavy atom. The lowest BCUT2D eigenvalue weighted by molar-refractivity contribution is -0.137. The number of nitrogens with zero attached hydrogens (tertiary/aromatic N) is 1. The number of hydrogen-bond donors (Lipinski definition) is 1. The van der Waals surface area contributed by atoms with Gasteiger partial charge in [0.2, 0.25) is 0 Å². The van der Waals surface area contributed by atoms with E-state index in [1.165, 1.54) is 30.3 Å². The molecule has 1 aromatic heterocycles. The predicted molar refractivity (Wildman–Crippen MR) is 61.6 cm³/mol. The Hall–Kier alpha value is -2.37. The van der Waals surface area contributed by atoms with Gasteiger partial charge in [0.05, 0.1) is 5.56 Å². The van der Waals surface area contributed by atoms with Gasteiger partial charge in [-0.3, -0.25) is 0 Å². The van der Waals surface area contributed by atoms with E-state index >= 15 is 0 Å². The van der Waals surface area contributed by atoms with Crippen molar-refractivity contribution in [1.29, 1.82) is 0 Å². The molecule has 2 rings (SSSR count). The highest BCUT2D eigenvalue weighted by Gasteiger charge is 2.33. The molecule has 0 amide bonds. The number of aromatic carboxylic acids is 1.